The van der Waals surface area contributed by atoms with Crippen LogP contribution >= 0.6 is 11.3 Å². The third-order valence-corrected chi connectivity index (χ3v) is 3.29. The van der Waals surface area contributed by atoms with Crippen LogP contribution in [0.1, 0.15) is 10.7 Å². The molecule has 6 heteroatoms. The highest BCUT2D eigenvalue weighted by atomic mass is 32.1. The van der Waals surface area contributed by atoms with E-state index in [0.29, 0.717) is 6.54 Å². The summed E-state index contributed by atoms with van der Waals surface area (Å²) in [7, 11) is 0. The summed E-state index contributed by atoms with van der Waals surface area (Å²) in [5, 5.41) is 13.4. The molecule has 0 atom stereocenters. The van der Waals surface area contributed by atoms with Crippen LogP contribution in [-0.4, -0.2) is 20.2 Å². The number of nitrogens with zero attached hydrogens (tertiary/aromatic N) is 3. The van der Waals surface area contributed by atoms with Gasteiger partial charge >= 0.3 is 0 Å². The van der Waals surface area contributed by atoms with E-state index < -0.39 is 0 Å². The number of thiazole rings is 1. The maximum atomic E-state index is 4.41. The molecule has 0 aliphatic carbocycles. The molecule has 0 bridgehead atoms. The van der Waals surface area contributed by atoms with Gasteiger partial charge in [-0.3, -0.25) is 10.1 Å². The molecule has 0 aliphatic heterocycles. The predicted molar refractivity (Wildman–Crippen MR) is 68.1 cm³/mol. The van der Waals surface area contributed by atoms with Crippen LogP contribution in [0.4, 0.5) is 5.69 Å². The van der Waals surface area contributed by atoms with Gasteiger partial charge in [0.25, 0.3) is 0 Å². The number of hydrogen-bond donors (Lipinski definition) is 2. The van der Waals surface area contributed by atoms with Gasteiger partial charge in [0.15, 0.2) is 0 Å². The number of anilines is 1. The fraction of sp³-hybridized carbons (Fsp3) is 0.182. The van der Waals surface area contributed by atoms with Gasteiger partial charge in [-0.1, -0.05) is 0 Å². The number of nitrogens with one attached hydrogen (secondary N) is 2. The first-order valence-corrected chi connectivity index (χ1v) is 6.14. The fourth-order valence-corrected chi connectivity index (χ4v) is 2.29. The smallest absolute Gasteiger partial charge is 0.110 e. The van der Waals surface area contributed by atoms with Crippen LogP contribution in [0.2, 0.25) is 0 Å². The molecule has 0 saturated heterocycles. The topological polar surface area (TPSA) is 66.5 Å². The second-order valence-corrected chi connectivity index (χ2v) is 4.76. The number of aromatic nitrogens is 4. The molecule has 5 nitrogen and oxygen atoms in total. The molecule has 3 rings (SSSR count). The van der Waals surface area contributed by atoms with E-state index in [1.165, 1.54) is 0 Å². The molecule has 86 valence electrons. The predicted octanol–water partition coefficient (Wildman–Crippen LogP) is 2.33. The Hall–Kier alpha value is -1.95. The highest BCUT2D eigenvalue weighted by molar-refractivity contribution is 7.09. The number of hydrogen-bond acceptors (Lipinski definition) is 5. The average Bonchev–Trinajstić information content (AvgIpc) is 2.94. The van der Waals surface area contributed by atoms with Crippen LogP contribution in [-0.2, 0) is 6.54 Å². The summed E-state index contributed by atoms with van der Waals surface area (Å²) in [4.78, 5) is 8.62. The number of fused-ring (bicyclic) bond motifs is 1. The quantitative estimate of drug-likeness (QED) is 0.743. The van der Waals surface area contributed by atoms with Crippen molar-refractivity contribution < 1.29 is 0 Å². The van der Waals surface area contributed by atoms with E-state index in [4.69, 9.17) is 0 Å². The van der Waals surface area contributed by atoms with Crippen molar-refractivity contribution in [1.82, 2.24) is 20.2 Å². The summed E-state index contributed by atoms with van der Waals surface area (Å²) < 4.78 is 0. The zero-order chi connectivity index (χ0) is 11.7. The van der Waals surface area contributed by atoms with Gasteiger partial charge in [-0.05, 0) is 13.0 Å². The fourth-order valence-electron chi connectivity index (χ4n) is 1.67. The second-order valence-electron chi connectivity index (χ2n) is 3.70. The van der Waals surface area contributed by atoms with E-state index >= 15 is 0 Å². The molecule has 3 heterocycles. The molecule has 0 aliphatic rings. The van der Waals surface area contributed by atoms with Crippen molar-refractivity contribution in [3.8, 4) is 0 Å². The number of pyridine rings is 1. The molecule has 0 fully saturated rings. The van der Waals surface area contributed by atoms with E-state index in [-0.39, 0.29) is 0 Å². The SMILES string of the molecule is Cc1nc(CNc2ccnc3cn[nH]c23)cs1. The lowest BCUT2D eigenvalue weighted by molar-refractivity contribution is 1.05. The lowest BCUT2D eigenvalue weighted by atomic mass is 10.3. The minimum Gasteiger partial charge on any atom is -0.378 e. The lowest BCUT2D eigenvalue weighted by Gasteiger charge is -2.04. The lowest BCUT2D eigenvalue weighted by Crippen LogP contribution is -2.00. The van der Waals surface area contributed by atoms with Crippen molar-refractivity contribution in [2.75, 3.05) is 5.32 Å². The normalized spacial score (nSPS) is 10.9. The van der Waals surface area contributed by atoms with Crippen molar-refractivity contribution >= 4 is 28.1 Å². The van der Waals surface area contributed by atoms with E-state index in [0.717, 1.165) is 27.4 Å². The number of aromatic amines is 1. The van der Waals surface area contributed by atoms with E-state index in [1.807, 2.05) is 13.0 Å². The van der Waals surface area contributed by atoms with Gasteiger partial charge in [0.2, 0.25) is 0 Å². The molecule has 2 N–H and O–H groups in total. The molecule has 17 heavy (non-hydrogen) atoms. The summed E-state index contributed by atoms with van der Waals surface area (Å²) in [5.41, 5.74) is 3.85. The maximum Gasteiger partial charge on any atom is 0.110 e. The van der Waals surface area contributed by atoms with Gasteiger partial charge < -0.3 is 5.32 Å². The van der Waals surface area contributed by atoms with Crippen LogP contribution in [0.25, 0.3) is 11.0 Å². The Kier molecular flexibility index (Phi) is 2.49. The van der Waals surface area contributed by atoms with Crippen molar-refractivity contribution in [1.29, 1.82) is 0 Å². The number of aryl methyl sites for hydroxylation is 1. The Morgan fingerprint density at radius 2 is 2.41 bits per heavy atom. The zero-order valence-corrected chi connectivity index (χ0v) is 10.1. The first-order valence-electron chi connectivity index (χ1n) is 5.26. The van der Waals surface area contributed by atoms with Gasteiger partial charge in [-0.2, -0.15) is 5.10 Å². The minimum absolute atomic E-state index is 0.711. The van der Waals surface area contributed by atoms with Crippen LogP contribution in [0.3, 0.4) is 0 Å². The van der Waals surface area contributed by atoms with Crippen molar-refractivity contribution in [2.24, 2.45) is 0 Å². The van der Waals surface area contributed by atoms with Gasteiger partial charge in [-0.15, -0.1) is 11.3 Å². The maximum absolute atomic E-state index is 4.41. The largest absolute Gasteiger partial charge is 0.378 e. The molecule has 0 spiro atoms. The molecular formula is C11H11N5S. The third-order valence-electron chi connectivity index (χ3n) is 2.47. The second kappa shape index (κ2) is 4.14. The summed E-state index contributed by atoms with van der Waals surface area (Å²) in [5.74, 6) is 0. The van der Waals surface area contributed by atoms with E-state index in [9.17, 15) is 0 Å². The molecule has 0 aromatic carbocycles. The summed E-state index contributed by atoms with van der Waals surface area (Å²) >= 11 is 1.66. The monoisotopic (exact) mass is 245 g/mol. The molecule has 0 radical (unpaired) electrons. The number of rotatable bonds is 3. The molecule has 3 aromatic heterocycles. The first-order chi connectivity index (χ1) is 8.33. The first kappa shape index (κ1) is 10.2. The zero-order valence-electron chi connectivity index (χ0n) is 9.27. The van der Waals surface area contributed by atoms with Crippen molar-refractivity contribution in [3.05, 3.63) is 34.5 Å². The molecule has 0 unspecified atom stereocenters. The van der Waals surface area contributed by atoms with Crippen LogP contribution in [0.5, 0.6) is 0 Å². The van der Waals surface area contributed by atoms with Crippen LogP contribution in [0.15, 0.2) is 23.8 Å². The van der Waals surface area contributed by atoms with E-state index in [1.54, 1.807) is 23.7 Å². The highest BCUT2D eigenvalue weighted by Crippen LogP contribution is 2.19. The highest BCUT2D eigenvalue weighted by Gasteiger charge is 2.04. The van der Waals surface area contributed by atoms with Crippen molar-refractivity contribution in [2.45, 2.75) is 13.5 Å². The van der Waals surface area contributed by atoms with E-state index in [2.05, 4.69) is 30.9 Å². The molecule has 0 saturated carbocycles. The van der Waals surface area contributed by atoms with Gasteiger partial charge in [-0.25, -0.2) is 4.98 Å². The Morgan fingerprint density at radius 1 is 1.47 bits per heavy atom. The summed E-state index contributed by atoms with van der Waals surface area (Å²) in [6.07, 6.45) is 3.49. The summed E-state index contributed by atoms with van der Waals surface area (Å²) in [6.45, 7) is 2.72. The molecule has 0 amide bonds. The Bertz CT molecular complexity index is 642. The standard InChI is InChI=1S/C11H11N5S/c1-7-15-8(6-17-7)4-13-9-2-3-12-10-5-14-16-11(9)10/h2-3,5-6H,4H2,1H3,(H,12,13)(H,14,16). The average molecular weight is 245 g/mol. The van der Waals surface area contributed by atoms with Gasteiger partial charge in [0.1, 0.15) is 11.0 Å². The Balaban J connectivity index is 1.83. The van der Waals surface area contributed by atoms with Crippen LogP contribution in [0, 0.1) is 6.92 Å². The Morgan fingerprint density at radius 3 is 3.24 bits per heavy atom. The number of H-pyrrole nitrogens is 1. The third kappa shape index (κ3) is 1.99. The van der Waals surface area contributed by atoms with Gasteiger partial charge in [0.05, 0.1) is 29.1 Å². The van der Waals surface area contributed by atoms with Crippen molar-refractivity contribution in [3.63, 3.8) is 0 Å². The van der Waals surface area contributed by atoms with Gasteiger partial charge in [0, 0.05) is 11.6 Å². The summed E-state index contributed by atoms with van der Waals surface area (Å²) in [6, 6.07) is 1.93. The molecular weight excluding hydrogens is 234 g/mol. The molecule has 3 aromatic rings. The minimum atomic E-state index is 0.711. The Labute approximate surface area is 102 Å². The van der Waals surface area contributed by atoms with Crippen LogP contribution < -0.4 is 5.32 Å².